The monoisotopic (exact) mass is 344 g/mol. The SMILES string of the molecule is Cc1cc2cc(N=C(N)NC(=O)c3ccc4ncccc4c3)ccc2o1. The van der Waals surface area contributed by atoms with E-state index in [1.807, 2.05) is 37.3 Å². The van der Waals surface area contributed by atoms with Crippen LogP contribution in [0.5, 0.6) is 0 Å². The standard InChI is InChI=1S/C20H16N4O2/c1-12-9-15-11-16(5-7-18(15)26-12)23-20(21)24-19(25)14-4-6-17-13(10-14)3-2-8-22-17/h2-11H,1H3,(H3,21,23,24,25). The molecule has 0 radical (unpaired) electrons. The molecule has 4 rings (SSSR count). The summed E-state index contributed by atoms with van der Waals surface area (Å²) in [6.07, 6.45) is 1.71. The second kappa shape index (κ2) is 6.33. The molecule has 2 aromatic carbocycles. The van der Waals surface area contributed by atoms with E-state index in [4.69, 9.17) is 10.2 Å². The number of rotatable bonds is 2. The number of furan rings is 1. The molecule has 0 spiro atoms. The molecule has 3 N–H and O–H groups in total. The van der Waals surface area contributed by atoms with Crippen LogP contribution in [0, 0.1) is 6.92 Å². The number of nitrogens with one attached hydrogen (secondary N) is 1. The normalized spacial score (nSPS) is 11.8. The number of benzene rings is 2. The molecule has 1 amide bonds. The van der Waals surface area contributed by atoms with Gasteiger partial charge in [0.1, 0.15) is 11.3 Å². The van der Waals surface area contributed by atoms with Crippen LogP contribution in [0.4, 0.5) is 5.69 Å². The van der Waals surface area contributed by atoms with E-state index in [-0.39, 0.29) is 11.9 Å². The van der Waals surface area contributed by atoms with Gasteiger partial charge in [-0.2, -0.15) is 0 Å². The first-order valence-corrected chi connectivity index (χ1v) is 8.09. The van der Waals surface area contributed by atoms with Crippen molar-refractivity contribution in [2.45, 2.75) is 6.92 Å². The fourth-order valence-electron chi connectivity index (χ4n) is 2.81. The lowest BCUT2D eigenvalue weighted by molar-refractivity contribution is 0.0977. The molecular weight excluding hydrogens is 328 g/mol. The van der Waals surface area contributed by atoms with Crippen LogP contribution in [0.2, 0.25) is 0 Å². The lowest BCUT2D eigenvalue weighted by Gasteiger charge is -2.05. The average Bonchev–Trinajstić information content (AvgIpc) is 3.00. The zero-order valence-electron chi connectivity index (χ0n) is 14.1. The molecule has 0 aliphatic heterocycles. The van der Waals surface area contributed by atoms with Crippen LogP contribution in [-0.4, -0.2) is 16.9 Å². The summed E-state index contributed by atoms with van der Waals surface area (Å²) in [4.78, 5) is 20.9. The number of nitrogens with two attached hydrogens (primary N) is 1. The third-order valence-electron chi connectivity index (χ3n) is 3.98. The van der Waals surface area contributed by atoms with Gasteiger partial charge in [0.15, 0.2) is 0 Å². The molecule has 6 nitrogen and oxygen atoms in total. The van der Waals surface area contributed by atoms with Crippen LogP contribution < -0.4 is 11.1 Å². The lowest BCUT2D eigenvalue weighted by Crippen LogP contribution is -2.36. The van der Waals surface area contributed by atoms with Gasteiger partial charge in [-0.1, -0.05) is 6.07 Å². The number of aliphatic imine (C=N–C) groups is 1. The van der Waals surface area contributed by atoms with Crippen LogP contribution in [0.25, 0.3) is 21.9 Å². The molecule has 26 heavy (non-hydrogen) atoms. The van der Waals surface area contributed by atoms with Gasteiger partial charge in [0.25, 0.3) is 5.91 Å². The molecule has 0 aliphatic rings. The van der Waals surface area contributed by atoms with Crippen molar-refractivity contribution in [3.8, 4) is 0 Å². The summed E-state index contributed by atoms with van der Waals surface area (Å²) < 4.78 is 5.53. The number of pyridine rings is 1. The van der Waals surface area contributed by atoms with E-state index in [0.717, 1.165) is 27.6 Å². The molecule has 2 aromatic heterocycles. The minimum atomic E-state index is -0.322. The quantitative estimate of drug-likeness (QED) is 0.428. The van der Waals surface area contributed by atoms with Gasteiger partial charge in [0, 0.05) is 22.5 Å². The van der Waals surface area contributed by atoms with E-state index < -0.39 is 0 Å². The topological polar surface area (TPSA) is 93.5 Å². The maximum absolute atomic E-state index is 12.4. The van der Waals surface area contributed by atoms with Crippen molar-refractivity contribution in [2.75, 3.05) is 0 Å². The van der Waals surface area contributed by atoms with Gasteiger partial charge in [-0.05, 0) is 55.5 Å². The van der Waals surface area contributed by atoms with Crippen molar-refractivity contribution >= 4 is 39.4 Å². The second-order valence-corrected chi connectivity index (χ2v) is 5.94. The molecule has 0 bridgehead atoms. The summed E-state index contributed by atoms with van der Waals surface area (Å²) in [5.41, 5.74) is 8.63. The van der Waals surface area contributed by atoms with Gasteiger partial charge in [-0.3, -0.25) is 15.1 Å². The number of aromatic nitrogens is 1. The number of aryl methyl sites for hydroxylation is 1. The van der Waals surface area contributed by atoms with Crippen molar-refractivity contribution in [3.63, 3.8) is 0 Å². The van der Waals surface area contributed by atoms with Crippen LogP contribution in [0.1, 0.15) is 16.1 Å². The van der Waals surface area contributed by atoms with Gasteiger partial charge in [0.05, 0.1) is 11.2 Å². The third kappa shape index (κ3) is 3.12. The molecule has 0 unspecified atom stereocenters. The highest BCUT2D eigenvalue weighted by atomic mass is 16.3. The van der Waals surface area contributed by atoms with Crippen LogP contribution in [-0.2, 0) is 0 Å². The predicted molar refractivity (Wildman–Crippen MR) is 101 cm³/mol. The van der Waals surface area contributed by atoms with E-state index in [9.17, 15) is 4.79 Å². The molecule has 0 atom stereocenters. The Morgan fingerprint density at radius 1 is 1.12 bits per heavy atom. The first-order valence-electron chi connectivity index (χ1n) is 8.09. The molecule has 0 aliphatic carbocycles. The molecule has 0 fully saturated rings. The largest absolute Gasteiger partial charge is 0.461 e. The van der Waals surface area contributed by atoms with Gasteiger partial charge in [0.2, 0.25) is 5.96 Å². The number of fused-ring (bicyclic) bond motifs is 2. The first-order chi connectivity index (χ1) is 12.6. The van der Waals surface area contributed by atoms with Gasteiger partial charge >= 0.3 is 0 Å². The molecular formula is C20H16N4O2. The fraction of sp³-hybridized carbons (Fsp3) is 0.0500. The van der Waals surface area contributed by atoms with Gasteiger partial charge < -0.3 is 10.2 Å². The molecule has 0 saturated heterocycles. The Morgan fingerprint density at radius 2 is 2.00 bits per heavy atom. The van der Waals surface area contributed by atoms with Crippen molar-refractivity contribution in [3.05, 3.63) is 72.1 Å². The Hall–Kier alpha value is -3.67. The van der Waals surface area contributed by atoms with E-state index >= 15 is 0 Å². The maximum atomic E-state index is 12.4. The van der Waals surface area contributed by atoms with Crippen LogP contribution in [0.15, 0.2) is 70.2 Å². The van der Waals surface area contributed by atoms with Crippen molar-refractivity contribution in [1.29, 1.82) is 0 Å². The third-order valence-corrected chi connectivity index (χ3v) is 3.98. The number of hydrogen-bond acceptors (Lipinski definition) is 4. The summed E-state index contributed by atoms with van der Waals surface area (Å²) in [5, 5.41) is 4.43. The van der Waals surface area contributed by atoms with Crippen molar-refractivity contribution in [1.82, 2.24) is 10.3 Å². The summed E-state index contributed by atoms with van der Waals surface area (Å²) in [6.45, 7) is 1.89. The van der Waals surface area contributed by atoms with Crippen LogP contribution in [0.3, 0.4) is 0 Å². The number of hydrogen-bond donors (Lipinski definition) is 2. The highest BCUT2D eigenvalue weighted by molar-refractivity contribution is 6.07. The Balaban J connectivity index is 1.55. The number of guanidine groups is 1. The van der Waals surface area contributed by atoms with Gasteiger partial charge in [-0.25, -0.2) is 4.99 Å². The van der Waals surface area contributed by atoms with Crippen molar-refractivity contribution < 1.29 is 9.21 Å². The minimum Gasteiger partial charge on any atom is -0.461 e. The first kappa shape index (κ1) is 15.8. The predicted octanol–water partition coefficient (Wildman–Crippen LogP) is 3.67. The summed E-state index contributed by atoms with van der Waals surface area (Å²) in [6, 6.07) is 16.4. The molecule has 2 heterocycles. The smallest absolute Gasteiger partial charge is 0.257 e. The number of nitrogens with zero attached hydrogens (tertiary/aromatic N) is 2. The molecule has 6 heteroatoms. The summed E-state index contributed by atoms with van der Waals surface area (Å²) in [5.74, 6) is 0.534. The van der Waals surface area contributed by atoms with E-state index in [1.165, 1.54) is 0 Å². The molecule has 4 aromatic rings. The fourth-order valence-corrected chi connectivity index (χ4v) is 2.81. The summed E-state index contributed by atoms with van der Waals surface area (Å²) >= 11 is 0. The number of carbonyl (C=O) groups is 1. The Bertz CT molecular complexity index is 1160. The molecule has 128 valence electrons. The molecule has 0 saturated carbocycles. The Morgan fingerprint density at radius 3 is 2.88 bits per heavy atom. The zero-order chi connectivity index (χ0) is 18.1. The van der Waals surface area contributed by atoms with E-state index in [2.05, 4.69) is 15.3 Å². The number of amides is 1. The summed E-state index contributed by atoms with van der Waals surface area (Å²) in [7, 11) is 0. The van der Waals surface area contributed by atoms with E-state index in [0.29, 0.717) is 11.3 Å². The van der Waals surface area contributed by atoms with Crippen LogP contribution >= 0.6 is 0 Å². The Labute approximate surface area is 149 Å². The minimum absolute atomic E-state index is 0.0286. The second-order valence-electron chi connectivity index (χ2n) is 5.94. The highest BCUT2D eigenvalue weighted by Crippen LogP contribution is 2.24. The van der Waals surface area contributed by atoms with Gasteiger partial charge in [-0.15, -0.1) is 0 Å². The zero-order valence-corrected chi connectivity index (χ0v) is 14.1. The average molecular weight is 344 g/mol. The maximum Gasteiger partial charge on any atom is 0.257 e. The number of carbonyl (C=O) groups excluding carboxylic acids is 1. The lowest BCUT2D eigenvalue weighted by atomic mass is 10.1. The van der Waals surface area contributed by atoms with E-state index in [1.54, 1.807) is 30.5 Å². The highest BCUT2D eigenvalue weighted by Gasteiger charge is 2.08. The Kier molecular flexibility index (Phi) is 3.85. The van der Waals surface area contributed by atoms with Crippen molar-refractivity contribution in [2.24, 2.45) is 10.7 Å².